The summed E-state index contributed by atoms with van der Waals surface area (Å²) in [5.74, 6) is 0.0206. The van der Waals surface area contributed by atoms with Gasteiger partial charge in [0.15, 0.2) is 0 Å². The Morgan fingerprint density at radius 1 is 1.00 bits per heavy atom. The molecule has 1 unspecified atom stereocenters. The standard InChI is InChI=1S/C22H26NO4PSi/c1-16(2)21(22(24)26-15-17-9-4-3-5-10-17)23-28(25,29)27-20-14-8-12-18-11-6-7-13-19(18)20/h3-14,16,21H,15H2,1-2,29H3,(H,23,25)/t21-,28?/m0/s1. The first kappa shape index (κ1) is 21.3. The molecule has 0 aliphatic heterocycles. The number of carbonyl (C=O) groups is 1. The lowest BCUT2D eigenvalue weighted by Crippen LogP contribution is -2.41. The van der Waals surface area contributed by atoms with E-state index in [2.05, 4.69) is 5.09 Å². The summed E-state index contributed by atoms with van der Waals surface area (Å²) < 4.78 is 24.6. The van der Waals surface area contributed by atoms with E-state index in [1.165, 1.54) is 0 Å². The molecule has 0 aliphatic rings. The smallest absolute Gasteiger partial charge is 0.324 e. The van der Waals surface area contributed by atoms with Gasteiger partial charge in [-0.2, -0.15) is 0 Å². The monoisotopic (exact) mass is 427 g/mol. The van der Waals surface area contributed by atoms with E-state index in [0.717, 1.165) is 16.3 Å². The van der Waals surface area contributed by atoms with Crippen molar-refractivity contribution in [1.29, 1.82) is 0 Å². The molecular formula is C22H26NO4PSi. The zero-order chi connectivity index (χ0) is 20.9. The van der Waals surface area contributed by atoms with Gasteiger partial charge in [0.1, 0.15) is 28.3 Å². The van der Waals surface area contributed by atoms with Crippen molar-refractivity contribution in [2.45, 2.75) is 26.5 Å². The third-order valence-electron chi connectivity index (χ3n) is 4.54. The maximum absolute atomic E-state index is 13.2. The molecule has 3 aromatic rings. The number of nitrogens with one attached hydrogen (secondary N) is 1. The predicted octanol–water partition coefficient (Wildman–Crippen LogP) is 4.05. The molecular weight excluding hydrogens is 401 g/mol. The van der Waals surface area contributed by atoms with Gasteiger partial charge in [0, 0.05) is 5.39 Å². The predicted molar refractivity (Wildman–Crippen MR) is 120 cm³/mol. The van der Waals surface area contributed by atoms with E-state index in [1.54, 1.807) is 6.07 Å². The fourth-order valence-electron chi connectivity index (χ4n) is 3.03. The van der Waals surface area contributed by atoms with Gasteiger partial charge in [-0.3, -0.25) is 9.36 Å². The molecule has 0 saturated carbocycles. The minimum atomic E-state index is -3.19. The number of carbonyl (C=O) groups excluding carboxylic acids is 1. The van der Waals surface area contributed by atoms with Gasteiger partial charge in [-0.25, -0.2) is 5.09 Å². The highest BCUT2D eigenvalue weighted by molar-refractivity contribution is 7.82. The molecule has 29 heavy (non-hydrogen) atoms. The molecule has 0 heterocycles. The van der Waals surface area contributed by atoms with E-state index in [4.69, 9.17) is 9.26 Å². The largest absolute Gasteiger partial charge is 0.460 e. The first-order valence-corrected chi connectivity index (χ1v) is 14.3. The molecule has 0 saturated heterocycles. The lowest BCUT2D eigenvalue weighted by atomic mass is 10.1. The van der Waals surface area contributed by atoms with Crippen LogP contribution in [0.15, 0.2) is 72.8 Å². The second-order valence-corrected chi connectivity index (χ2v) is 13.0. The Kier molecular flexibility index (Phi) is 6.90. The van der Waals surface area contributed by atoms with Gasteiger partial charge in [-0.1, -0.05) is 80.6 Å². The van der Waals surface area contributed by atoms with Gasteiger partial charge in [-0.05, 0) is 22.9 Å². The SMILES string of the molecule is CC(C)[C@H](NP(=O)([SiH3])Oc1cccc2ccccc12)C(=O)OCc1ccccc1. The van der Waals surface area contributed by atoms with Gasteiger partial charge in [-0.15, -0.1) is 0 Å². The van der Waals surface area contributed by atoms with E-state index < -0.39 is 19.1 Å². The van der Waals surface area contributed by atoms with E-state index in [0.29, 0.717) is 5.75 Å². The molecule has 7 heteroatoms. The average molecular weight is 428 g/mol. The van der Waals surface area contributed by atoms with E-state index >= 15 is 0 Å². The maximum atomic E-state index is 13.2. The molecule has 3 rings (SSSR count). The normalized spacial score (nSPS) is 14.4. The maximum Gasteiger partial charge on any atom is 0.324 e. The van der Waals surface area contributed by atoms with E-state index in [1.807, 2.05) is 80.6 Å². The fourth-order valence-corrected chi connectivity index (χ4v) is 5.96. The molecule has 0 fully saturated rings. The van der Waals surface area contributed by atoms with Crippen LogP contribution in [0.4, 0.5) is 0 Å². The second-order valence-electron chi connectivity index (χ2n) is 7.36. The van der Waals surface area contributed by atoms with Crippen LogP contribution < -0.4 is 9.61 Å². The van der Waals surface area contributed by atoms with Crippen molar-refractivity contribution in [2.75, 3.05) is 0 Å². The molecule has 1 N–H and O–H groups in total. The topological polar surface area (TPSA) is 64.6 Å². The highest BCUT2D eigenvalue weighted by Crippen LogP contribution is 2.41. The lowest BCUT2D eigenvalue weighted by Gasteiger charge is -2.26. The van der Waals surface area contributed by atoms with Crippen molar-refractivity contribution in [3.05, 3.63) is 78.4 Å². The molecule has 5 nitrogen and oxygen atoms in total. The van der Waals surface area contributed by atoms with Gasteiger partial charge < -0.3 is 9.26 Å². The Morgan fingerprint density at radius 3 is 2.38 bits per heavy atom. The lowest BCUT2D eigenvalue weighted by molar-refractivity contribution is -0.148. The highest BCUT2D eigenvalue weighted by Gasteiger charge is 2.31. The van der Waals surface area contributed by atoms with Crippen LogP contribution in [0.1, 0.15) is 19.4 Å². The molecule has 0 bridgehead atoms. The number of rotatable bonds is 8. The van der Waals surface area contributed by atoms with Gasteiger partial charge in [0.05, 0.1) is 0 Å². The number of benzene rings is 3. The van der Waals surface area contributed by atoms with Crippen LogP contribution in [-0.4, -0.2) is 21.9 Å². The summed E-state index contributed by atoms with van der Waals surface area (Å²) in [6.07, 6.45) is 0. The third kappa shape index (κ3) is 5.79. The molecule has 3 aromatic carbocycles. The van der Waals surface area contributed by atoms with Gasteiger partial charge in [0.25, 0.3) is 7.07 Å². The summed E-state index contributed by atoms with van der Waals surface area (Å²) in [6, 6.07) is 22.2. The quantitative estimate of drug-likeness (QED) is 0.334. The summed E-state index contributed by atoms with van der Waals surface area (Å²) in [4.78, 5) is 12.7. The zero-order valence-electron chi connectivity index (χ0n) is 16.9. The molecule has 0 aliphatic carbocycles. The van der Waals surface area contributed by atoms with Crippen molar-refractivity contribution in [1.82, 2.24) is 5.09 Å². The highest BCUT2D eigenvalue weighted by atomic mass is 31.4. The molecule has 152 valence electrons. The van der Waals surface area contributed by atoms with E-state index in [9.17, 15) is 9.36 Å². The Bertz CT molecular complexity index is 1020. The Labute approximate surface area is 174 Å². The Morgan fingerprint density at radius 2 is 1.66 bits per heavy atom. The summed E-state index contributed by atoms with van der Waals surface area (Å²) >= 11 is 0. The summed E-state index contributed by atoms with van der Waals surface area (Å²) in [7, 11) is -2.95. The minimum Gasteiger partial charge on any atom is -0.460 e. The first-order valence-electron chi connectivity index (χ1n) is 9.59. The molecule has 0 amide bonds. The molecule has 0 spiro atoms. The molecule has 0 radical (unpaired) electrons. The minimum absolute atomic E-state index is 0.100. The summed E-state index contributed by atoms with van der Waals surface area (Å²) in [6.45, 7) is 3.96. The Balaban J connectivity index is 1.71. The molecule has 0 aromatic heterocycles. The number of fused-ring (bicyclic) bond motifs is 1. The van der Waals surface area contributed by atoms with Crippen LogP contribution in [0.5, 0.6) is 5.75 Å². The van der Waals surface area contributed by atoms with Crippen LogP contribution in [0.3, 0.4) is 0 Å². The van der Waals surface area contributed by atoms with Crippen LogP contribution >= 0.6 is 7.07 Å². The number of esters is 1. The first-order chi connectivity index (χ1) is 13.9. The number of hydrogen-bond acceptors (Lipinski definition) is 4. The fraction of sp³-hybridized carbons (Fsp3) is 0.227. The average Bonchev–Trinajstić information content (AvgIpc) is 2.71. The van der Waals surface area contributed by atoms with Crippen molar-refractivity contribution < 1.29 is 18.6 Å². The van der Waals surface area contributed by atoms with Gasteiger partial charge in [0.2, 0.25) is 0 Å². The van der Waals surface area contributed by atoms with Crippen LogP contribution in [0.2, 0.25) is 0 Å². The van der Waals surface area contributed by atoms with Crippen molar-refractivity contribution in [3.63, 3.8) is 0 Å². The molecule has 2 atom stereocenters. The van der Waals surface area contributed by atoms with Crippen molar-refractivity contribution in [3.8, 4) is 5.75 Å². The van der Waals surface area contributed by atoms with E-state index in [-0.39, 0.29) is 22.4 Å². The second kappa shape index (κ2) is 9.40. The zero-order valence-corrected chi connectivity index (χ0v) is 19.8. The number of ether oxygens (including phenoxy) is 1. The van der Waals surface area contributed by atoms with Crippen LogP contribution in [0.25, 0.3) is 10.8 Å². The van der Waals surface area contributed by atoms with Crippen molar-refractivity contribution in [2.24, 2.45) is 5.92 Å². The van der Waals surface area contributed by atoms with Crippen LogP contribution in [-0.2, 0) is 20.7 Å². The number of hydrogen-bond donors (Lipinski definition) is 1. The Hall–Kier alpha value is -2.40. The van der Waals surface area contributed by atoms with Crippen LogP contribution in [0, 0.1) is 5.92 Å². The van der Waals surface area contributed by atoms with Crippen molar-refractivity contribution >= 4 is 33.7 Å². The summed E-state index contributed by atoms with van der Waals surface area (Å²) in [5, 5.41) is 4.86. The summed E-state index contributed by atoms with van der Waals surface area (Å²) in [5.41, 5.74) is 0.907. The third-order valence-corrected chi connectivity index (χ3v) is 7.15. The van der Waals surface area contributed by atoms with Gasteiger partial charge >= 0.3 is 5.97 Å².